The van der Waals surface area contributed by atoms with Crippen LogP contribution in [0.25, 0.3) is 11.1 Å². The zero-order valence-corrected chi connectivity index (χ0v) is 15.3. The smallest absolute Gasteiger partial charge is 0.240 e. The first-order valence-corrected chi connectivity index (χ1v) is 10.1. The number of sulfonamides is 1. The Balaban J connectivity index is 1.73. The zero-order chi connectivity index (χ0) is 18.7. The van der Waals surface area contributed by atoms with Gasteiger partial charge in [-0.25, -0.2) is 21.9 Å². The molecule has 2 atom stereocenters. The van der Waals surface area contributed by atoms with Gasteiger partial charge < -0.3 is 5.32 Å². The van der Waals surface area contributed by atoms with Gasteiger partial charge in [-0.2, -0.15) is 0 Å². The minimum Gasteiger partial charge on any atom is -0.319 e. The van der Waals surface area contributed by atoms with Gasteiger partial charge in [0.25, 0.3) is 0 Å². The Hall–Kier alpha value is -1.83. The van der Waals surface area contributed by atoms with Crippen LogP contribution in [0.4, 0.5) is 8.78 Å². The second-order valence-corrected chi connectivity index (χ2v) is 8.42. The summed E-state index contributed by atoms with van der Waals surface area (Å²) in [7, 11) is -1.73. The zero-order valence-electron chi connectivity index (χ0n) is 14.5. The molecule has 0 heterocycles. The van der Waals surface area contributed by atoms with Gasteiger partial charge in [0.1, 0.15) is 11.6 Å². The molecule has 2 aromatic carbocycles. The van der Waals surface area contributed by atoms with Gasteiger partial charge in [0, 0.05) is 17.7 Å². The molecule has 0 bridgehead atoms. The molecule has 1 fully saturated rings. The van der Waals surface area contributed by atoms with Gasteiger partial charge in [-0.05, 0) is 68.6 Å². The second-order valence-electron chi connectivity index (χ2n) is 6.70. The van der Waals surface area contributed by atoms with Gasteiger partial charge in [0.15, 0.2) is 0 Å². The highest BCUT2D eigenvalue weighted by Gasteiger charge is 2.28. The van der Waals surface area contributed by atoms with Crippen LogP contribution in [0.5, 0.6) is 0 Å². The third-order valence-electron chi connectivity index (χ3n) is 4.76. The van der Waals surface area contributed by atoms with Crippen LogP contribution >= 0.6 is 0 Å². The maximum Gasteiger partial charge on any atom is 0.240 e. The molecule has 0 radical (unpaired) electrons. The minimum absolute atomic E-state index is 0.0624. The van der Waals surface area contributed by atoms with E-state index in [2.05, 4.69) is 10.0 Å². The van der Waals surface area contributed by atoms with E-state index < -0.39 is 21.7 Å². The van der Waals surface area contributed by atoms with Crippen molar-refractivity contribution >= 4 is 10.0 Å². The van der Waals surface area contributed by atoms with Gasteiger partial charge in [-0.15, -0.1) is 0 Å². The van der Waals surface area contributed by atoms with Gasteiger partial charge in [-0.3, -0.25) is 0 Å². The first-order valence-electron chi connectivity index (χ1n) is 8.61. The van der Waals surface area contributed by atoms with Crippen molar-refractivity contribution in [1.82, 2.24) is 10.0 Å². The van der Waals surface area contributed by atoms with Crippen molar-refractivity contribution in [3.05, 3.63) is 54.1 Å². The molecule has 4 nitrogen and oxygen atoms in total. The Labute approximate surface area is 152 Å². The summed E-state index contributed by atoms with van der Waals surface area (Å²) in [6.07, 6.45) is 2.64. The van der Waals surface area contributed by atoms with E-state index >= 15 is 0 Å². The Morgan fingerprint density at radius 1 is 1.08 bits per heavy atom. The molecule has 0 aromatic heterocycles. The predicted molar refractivity (Wildman–Crippen MR) is 97.2 cm³/mol. The summed E-state index contributed by atoms with van der Waals surface area (Å²) in [6, 6.07) is 9.21. The molecule has 0 amide bonds. The Morgan fingerprint density at radius 2 is 1.81 bits per heavy atom. The van der Waals surface area contributed by atoms with Crippen LogP contribution in [0.15, 0.2) is 47.4 Å². The van der Waals surface area contributed by atoms with Crippen molar-refractivity contribution in [2.75, 3.05) is 13.6 Å². The third kappa shape index (κ3) is 4.28. The van der Waals surface area contributed by atoms with E-state index in [0.29, 0.717) is 11.5 Å². The molecule has 0 saturated heterocycles. The Kier molecular flexibility index (Phi) is 5.70. The molecule has 1 saturated carbocycles. The molecule has 7 heteroatoms. The maximum atomic E-state index is 13.9. The SMILES string of the molecule is CNCC1CCC(NS(=O)(=O)c2ccc(-c3ccc(F)cc3F)cc2)C1. The molecule has 0 aliphatic heterocycles. The average molecular weight is 380 g/mol. The topological polar surface area (TPSA) is 58.2 Å². The fraction of sp³-hybridized carbons (Fsp3) is 0.368. The first-order chi connectivity index (χ1) is 12.4. The largest absolute Gasteiger partial charge is 0.319 e. The van der Waals surface area contributed by atoms with E-state index in [1.807, 2.05) is 7.05 Å². The first kappa shape index (κ1) is 18.9. The number of benzene rings is 2. The molecule has 1 aliphatic rings. The Bertz CT molecular complexity index is 870. The van der Waals surface area contributed by atoms with Crippen LogP contribution in [0, 0.1) is 17.6 Å². The third-order valence-corrected chi connectivity index (χ3v) is 6.30. The lowest BCUT2D eigenvalue weighted by molar-refractivity contribution is 0.495. The molecule has 0 spiro atoms. The average Bonchev–Trinajstić information content (AvgIpc) is 3.02. The van der Waals surface area contributed by atoms with Crippen molar-refractivity contribution in [1.29, 1.82) is 0 Å². The Morgan fingerprint density at radius 3 is 2.46 bits per heavy atom. The molecule has 1 aliphatic carbocycles. The number of halogens is 2. The van der Waals surface area contributed by atoms with Crippen molar-refractivity contribution in [3.63, 3.8) is 0 Å². The van der Waals surface area contributed by atoms with Crippen molar-refractivity contribution in [3.8, 4) is 11.1 Å². The number of hydrogen-bond acceptors (Lipinski definition) is 3. The molecule has 2 aromatic rings. The highest BCUT2D eigenvalue weighted by Crippen LogP contribution is 2.28. The number of nitrogens with one attached hydrogen (secondary N) is 2. The van der Waals surface area contributed by atoms with E-state index in [1.54, 1.807) is 0 Å². The van der Waals surface area contributed by atoms with E-state index in [1.165, 1.54) is 36.4 Å². The standard InChI is InChI=1S/C19H22F2N2O2S/c1-22-12-13-2-6-16(10-13)23-26(24,25)17-7-3-14(4-8-17)18-9-5-15(20)11-19(18)21/h3-5,7-9,11,13,16,22-23H,2,6,10,12H2,1H3. The second kappa shape index (κ2) is 7.82. The molecule has 2 unspecified atom stereocenters. The molecule has 2 N–H and O–H groups in total. The summed E-state index contributed by atoms with van der Waals surface area (Å²) in [6.45, 7) is 0.885. The predicted octanol–water partition coefficient (Wildman–Crippen LogP) is 3.30. The summed E-state index contributed by atoms with van der Waals surface area (Å²) in [4.78, 5) is 0.140. The van der Waals surface area contributed by atoms with Crippen LogP contribution < -0.4 is 10.0 Å². The molecule has 3 rings (SSSR count). The van der Waals surface area contributed by atoms with Crippen molar-refractivity contribution < 1.29 is 17.2 Å². The summed E-state index contributed by atoms with van der Waals surface area (Å²) in [5, 5.41) is 3.12. The van der Waals surface area contributed by atoms with Gasteiger partial charge >= 0.3 is 0 Å². The molecular weight excluding hydrogens is 358 g/mol. The summed E-state index contributed by atoms with van der Waals surface area (Å²) < 4.78 is 54.8. The van der Waals surface area contributed by atoms with E-state index in [0.717, 1.165) is 31.9 Å². The normalized spacial score (nSPS) is 20.4. The number of hydrogen-bond donors (Lipinski definition) is 2. The maximum absolute atomic E-state index is 13.9. The summed E-state index contributed by atoms with van der Waals surface area (Å²) >= 11 is 0. The monoisotopic (exact) mass is 380 g/mol. The van der Waals surface area contributed by atoms with Gasteiger partial charge in [0.05, 0.1) is 4.90 Å². The lowest BCUT2D eigenvalue weighted by Crippen LogP contribution is -2.33. The minimum atomic E-state index is -3.62. The van der Waals surface area contributed by atoms with Crippen molar-refractivity contribution in [2.24, 2.45) is 5.92 Å². The molecule has 140 valence electrons. The van der Waals surface area contributed by atoms with Gasteiger partial charge in [0.2, 0.25) is 10.0 Å². The number of rotatable bonds is 6. The van der Waals surface area contributed by atoms with Crippen LogP contribution in [0.3, 0.4) is 0 Å². The molecule has 26 heavy (non-hydrogen) atoms. The quantitative estimate of drug-likeness (QED) is 0.809. The van der Waals surface area contributed by atoms with E-state index in [9.17, 15) is 17.2 Å². The van der Waals surface area contributed by atoms with Gasteiger partial charge in [-0.1, -0.05) is 12.1 Å². The highest BCUT2D eigenvalue weighted by molar-refractivity contribution is 7.89. The summed E-state index contributed by atoms with van der Waals surface area (Å²) in [5.74, 6) is -0.848. The molecular formula is C19H22F2N2O2S. The fourth-order valence-electron chi connectivity index (χ4n) is 3.48. The van der Waals surface area contributed by atoms with Crippen LogP contribution in [0.1, 0.15) is 19.3 Å². The van der Waals surface area contributed by atoms with E-state index in [-0.39, 0.29) is 16.5 Å². The van der Waals surface area contributed by atoms with Crippen LogP contribution in [-0.4, -0.2) is 28.1 Å². The summed E-state index contributed by atoms with van der Waals surface area (Å²) in [5.41, 5.74) is 0.727. The lowest BCUT2D eigenvalue weighted by Gasteiger charge is -2.14. The van der Waals surface area contributed by atoms with Crippen LogP contribution in [0.2, 0.25) is 0 Å². The van der Waals surface area contributed by atoms with Crippen molar-refractivity contribution in [2.45, 2.75) is 30.2 Å². The van der Waals surface area contributed by atoms with Crippen LogP contribution in [-0.2, 0) is 10.0 Å². The highest BCUT2D eigenvalue weighted by atomic mass is 32.2. The fourth-order valence-corrected chi connectivity index (χ4v) is 4.76. The van der Waals surface area contributed by atoms with E-state index in [4.69, 9.17) is 0 Å². The lowest BCUT2D eigenvalue weighted by atomic mass is 10.1.